The molecule has 0 saturated heterocycles. The summed E-state index contributed by atoms with van der Waals surface area (Å²) in [6.45, 7) is 0. The Morgan fingerprint density at radius 1 is 1.86 bits per heavy atom. The molecule has 0 rings (SSSR count). The molecule has 0 saturated carbocycles. The largest absolute Gasteiger partial charge is 0.361 e. The van der Waals surface area contributed by atoms with Crippen LogP contribution in [0.3, 0.4) is 0 Å². The summed E-state index contributed by atoms with van der Waals surface area (Å²) in [6.07, 6.45) is -1.35. The summed E-state index contributed by atoms with van der Waals surface area (Å²) in [7, 11) is 0. The zero-order valence-corrected chi connectivity index (χ0v) is 3.59. The zero-order chi connectivity index (χ0) is 5.86. The lowest BCUT2D eigenvalue weighted by atomic mass is 10.9. The first-order valence-electron chi connectivity index (χ1n) is 1.62. The Kier molecular flexibility index (Phi) is 2.10. The molecule has 7 heavy (non-hydrogen) atoms. The smallest absolute Gasteiger partial charge is 0.315 e. The molecule has 0 spiro atoms. The average molecular weight is 105 g/mol. The van der Waals surface area contributed by atoms with Crippen LogP contribution in [0.25, 0.3) is 0 Å². The highest BCUT2D eigenvalue weighted by molar-refractivity contribution is 5.71. The zero-order valence-electron chi connectivity index (χ0n) is 3.59. The summed E-state index contributed by atoms with van der Waals surface area (Å²) in [4.78, 5) is 9.68. The predicted molar refractivity (Wildman–Crippen MR) is 22.9 cm³/mol. The number of aliphatic hydroxyl groups excluding tert-OH is 1. The van der Waals surface area contributed by atoms with E-state index in [-0.39, 0.29) is 0 Å². The molecule has 0 aromatic heterocycles. The fourth-order valence-electron chi connectivity index (χ4n) is 0.146. The first-order valence-corrected chi connectivity index (χ1v) is 1.62. The SMILES string of the molecule is NC(=O)N[C@@H](N)O. The van der Waals surface area contributed by atoms with Gasteiger partial charge in [0.05, 0.1) is 0 Å². The van der Waals surface area contributed by atoms with E-state index in [1.165, 1.54) is 0 Å². The monoisotopic (exact) mass is 105 g/mol. The predicted octanol–water partition coefficient (Wildman–Crippen LogP) is -2.11. The van der Waals surface area contributed by atoms with Gasteiger partial charge in [0.25, 0.3) is 0 Å². The Bertz CT molecular complexity index is 71.3. The van der Waals surface area contributed by atoms with Crippen molar-refractivity contribution in [2.45, 2.75) is 6.35 Å². The third kappa shape index (κ3) is 5.19. The van der Waals surface area contributed by atoms with E-state index in [4.69, 9.17) is 5.11 Å². The van der Waals surface area contributed by atoms with Crippen LogP contribution in [0.5, 0.6) is 0 Å². The fourth-order valence-corrected chi connectivity index (χ4v) is 0.146. The normalized spacial score (nSPS) is 12.9. The van der Waals surface area contributed by atoms with E-state index in [1.807, 2.05) is 0 Å². The number of nitrogens with two attached hydrogens (primary N) is 2. The number of carbonyl (C=O) groups excluding carboxylic acids is 1. The Morgan fingerprint density at radius 3 is 2.29 bits per heavy atom. The summed E-state index contributed by atoms with van der Waals surface area (Å²) in [5.41, 5.74) is 9.14. The van der Waals surface area contributed by atoms with Crippen molar-refractivity contribution in [2.75, 3.05) is 0 Å². The third-order valence-corrected chi connectivity index (χ3v) is 0.290. The number of carbonyl (C=O) groups is 1. The minimum atomic E-state index is -1.35. The van der Waals surface area contributed by atoms with Gasteiger partial charge in [-0.2, -0.15) is 0 Å². The third-order valence-electron chi connectivity index (χ3n) is 0.290. The van der Waals surface area contributed by atoms with Crippen LogP contribution in [0.1, 0.15) is 0 Å². The molecule has 2 amide bonds. The number of amides is 2. The standard InChI is InChI=1S/C2H7N3O2/c3-1(6)5-2(4)7/h1,6H,3H2,(H3,4,5,7)/t1-/m1/s1. The molecule has 0 aliphatic carbocycles. The molecule has 0 unspecified atom stereocenters. The summed E-state index contributed by atoms with van der Waals surface area (Å²) in [5.74, 6) is 0. The number of nitrogens with one attached hydrogen (secondary N) is 1. The molecule has 0 heterocycles. The van der Waals surface area contributed by atoms with Gasteiger partial charge in [0.15, 0.2) is 6.35 Å². The van der Waals surface area contributed by atoms with Gasteiger partial charge in [0, 0.05) is 0 Å². The minimum absolute atomic E-state index is 0.838. The van der Waals surface area contributed by atoms with E-state index in [9.17, 15) is 4.79 Å². The van der Waals surface area contributed by atoms with Crippen molar-refractivity contribution in [1.82, 2.24) is 5.32 Å². The van der Waals surface area contributed by atoms with E-state index in [2.05, 4.69) is 11.5 Å². The summed E-state index contributed by atoms with van der Waals surface area (Å²) in [6, 6.07) is -0.838. The van der Waals surface area contributed by atoms with Crippen LogP contribution in [0.15, 0.2) is 0 Å². The minimum Gasteiger partial charge on any atom is -0.361 e. The second kappa shape index (κ2) is 2.38. The molecule has 0 aromatic carbocycles. The first-order chi connectivity index (χ1) is 3.13. The maximum absolute atomic E-state index is 9.68. The van der Waals surface area contributed by atoms with Crippen molar-refractivity contribution in [2.24, 2.45) is 11.5 Å². The second-order valence-electron chi connectivity index (χ2n) is 0.953. The van der Waals surface area contributed by atoms with E-state index in [0.717, 1.165) is 0 Å². The molecule has 0 fully saturated rings. The summed E-state index contributed by atoms with van der Waals surface area (Å²) < 4.78 is 0. The van der Waals surface area contributed by atoms with Crippen molar-refractivity contribution in [3.8, 4) is 0 Å². The van der Waals surface area contributed by atoms with Gasteiger partial charge in [-0.05, 0) is 0 Å². The number of rotatable bonds is 1. The molecular formula is C2H7N3O2. The maximum Gasteiger partial charge on any atom is 0.315 e. The number of primary amides is 1. The Morgan fingerprint density at radius 2 is 2.29 bits per heavy atom. The number of hydrogen-bond acceptors (Lipinski definition) is 3. The average Bonchev–Trinajstić information content (AvgIpc) is 1.27. The van der Waals surface area contributed by atoms with E-state index < -0.39 is 12.4 Å². The second-order valence-corrected chi connectivity index (χ2v) is 0.953. The molecule has 1 atom stereocenters. The molecule has 0 aromatic rings. The van der Waals surface area contributed by atoms with Crippen LogP contribution in [0, 0.1) is 0 Å². The van der Waals surface area contributed by atoms with Crippen LogP contribution < -0.4 is 16.8 Å². The van der Waals surface area contributed by atoms with Crippen molar-refractivity contribution >= 4 is 6.03 Å². The molecule has 5 nitrogen and oxygen atoms in total. The molecule has 0 bridgehead atoms. The van der Waals surface area contributed by atoms with Crippen molar-refractivity contribution < 1.29 is 9.90 Å². The molecule has 42 valence electrons. The van der Waals surface area contributed by atoms with Gasteiger partial charge in [0.2, 0.25) is 0 Å². The molecule has 5 heteroatoms. The summed E-state index contributed by atoms with van der Waals surface area (Å²) in [5, 5.41) is 9.87. The van der Waals surface area contributed by atoms with Crippen LogP contribution in [-0.4, -0.2) is 17.5 Å². The van der Waals surface area contributed by atoms with E-state index in [1.54, 1.807) is 5.32 Å². The van der Waals surface area contributed by atoms with E-state index in [0.29, 0.717) is 0 Å². The number of hydrogen-bond donors (Lipinski definition) is 4. The molecule has 0 aliphatic rings. The number of aliphatic hydroxyl groups is 1. The lowest BCUT2D eigenvalue weighted by Crippen LogP contribution is -2.43. The van der Waals surface area contributed by atoms with Gasteiger partial charge >= 0.3 is 6.03 Å². The van der Waals surface area contributed by atoms with Crippen LogP contribution >= 0.6 is 0 Å². The lowest BCUT2D eigenvalue weighted by molar-refractivity contribution is 0.150. The van der Waals surface area contributed by atoms with E-state index >= 15 is 0 Å². The highest BCUT2D eigenvalue weighted by atomic mass is 16.3. The molecule has 0 radical (unpaired) electrons. The topological polar surface area (TPSA) is 101 Å². The quantitative estimate of drug-likeness (QED) is 0.287. The van der Waals surface area contributed by atoms with Crippen molar-refractivity contribution in [1.29, 1.82) is 0 Å². The summed E-state index contributed by atoms with van der Waals surface area (Å²) >= 11 is 0. The maximum atomic E-state index is 9.68. The van der Waals surface area contributed by atoms with Gasteiger partial charge in [-0.3, -0.25) is 5.73 Å². The van der Waals surface area contributed by atoms with Gasteiger partial charge < -0.3 is 16.2 Å². The lowest BCUT2D eigenvalue weighted by Gasteiger charge is -2.00. The molecule has 6 N–H and O–H groups in total. The Balaban J connectivity index is 3.13. The van der Waals surface area contributed by atoms with Crippen LogP contribution in [0.2, 0.25) is 0 Å². The molecular weight excluding hydrogens is 98.0 g/mol. The molecule has 0 aliphatic heterocycles. The van der Waals surface area contributed by atoms with Gasteiger partial charge in [0.1, 0.15) is 0 Å². The Hall–Kier alpha value is -0.810. The highest BCUT2D eigenvalue weighted by Crippen LogP contribution is 1.55. The van der Waals surface area contributed by atoms with Crippen LogP contribution in [-0.2, 0) is 0 Å². The Labute approximate surface area is 40.3 Å². The van der Waals surface area contributed by atoms with Crippen molar-refractivity contribution in [3.05, 3.63) is 0 Å². The van der Waals surface area contributed by atoms with Gasteiger partial charge in [-0.15, -0.1) is 0 Å². The highest BCUT2D eigenvalue weighted by Gasteiger charge is 1.93. The fraction of sp³-hybridized carbons (Fsp3) is 0.500. The van der Waals surface area contributed by atoms with Crippen LogP contribution in [0.4, 0.5) is 4.79 Å². The van der Waals surface area contributed by atoms with Gasteiger partial charge in [-0.1, -0.05) is 0 Å². The van der Waals surface area contributed by atoms with Gasteiger partial charge in [-0.25, -0.2) is 4.79 Å². The first kappa shape index (κ1) is 6.19. The number of urea groups is 1. The van der Waals surface area contributed by atoms with Crippen molar-refractivity contribution in [3.63, 3.8) is 0 Å².